The smallest absolute Gasteiger partial charge is 0.153 e. The minimum Gasteiger partial charge on any atom is -0.278 e. The predicted octanol–water partition coefficient (Wildman–Crippen LogP) is 3.74. The maximum absolute atomic E-state index is 15.0. The maximum Gasteiger partial charge on any atom is 0.153 e. The standard InChI is InChI=1S/C22H15FN8/c23-18-9-15(20-6-8-26-30(20)13-16-3-1-2-7-24-16)10-21-22(18)28-29-31(21)17-5-4-14-12-25-27-19(14)11-17/h1-12H,13H2,(H,25,27). The van der Waals surface area contributed by atoms with Crippen molar-refractivity contribution >= 4 is 21.9 Å². The average molecular weight is 410 g/mol. The number of aromatic nitrogens is 8. The van der Waals surface area contributed by atoms with Crippen LogP contribution in [0.25, 0.3) is 38.9 Å². The lowest BCUT2D eigenvalue weighted by Gasteiger charge is -2.09. The van der Waals surface area contributed by atoms with Gasteiger partial charge in [0.05, 0.1) is 40.9 Å². The van der Waals surface area contributed by atoms with Crippen LogP contribution in [0.15, 0.2) is 73.2 Å². The minimum absolute atomic E-state index is 0.212. The zero-order valence-electron chi connectivity index (χ0n) is 16.1. The van der Waals surface area contributed by atoms with Gasteiger partial charge in [-0.25, -0.2) is 9.07 Å². The molecule has 0 saturated carbocycles. The number of aromatic amines is 1. The Balaban J connectivity index is 1.47. The Kier molecular flexibility index (Phi) is 3.85. The van der Waals surface area contributed by atoms with Crippen LogP contribution < -0.4 is 0 Å². The molecule has 0 aliphatic rings. The second-order valence-corrected chi connectivity index (χ2v) is 7.16. The zero-order valence-corrected chi connectivity index (χ0v) is 16.1. The van der Waals surface area contributed by atoms with Crippen LogP contribution in [0.4, 0.5) is 4.39 Å². The van der Waals surface area contributed by atoms with E-state index in [0.717, 1.165) is 28.0 Å². The highest BCUT2D eigenvalue weighted by Crippen LogP contribution is 2.28. The number of hydrogen-bond donors (Lipinski definition) is 1. The van der Waals surface area contributed by atoms with E-state index in [4.69, 9.17) is 0 Å². The van der Waals surface area contributed by atoms with Crippen LogP contribution in [-0.2, 0) is 6.54 Å². The van der Waals surface area contributed by atoms with Crippen molar-refractivity contribution in [2.24, 2.45) is 0 Å². The fraction of sp³-hybridized carbons (Fsp3) is 0.0455. The number of halogens is 1. The van der Waals surface area contributed by atoms with Crippen molar-refractivity contribution < 1.29 is 4.39 Å². The Hall–Kier alpha value is -4.40. The molecule has 4 aromatic heterocycles. The zero-order chi connectivity index (χ0) is 20.8. The molecule has 150 valence electrons. The second kappa shape index (κ2) is 6.84. The average Bonchev–Trinajstić information content (AvgIpc) is 3.53. The Morgan fingerprint density at radius 2 is 1.97 bits per heavy atom. The SMILES string of the molecule is Fc1cc(-c2ccnn2Cc2ccccn2)cc2c1nnn2-c1ccc2cn[nH]c2c1. The molecule has 0 aliphatic heterocycles. The molecule has 6 rings (SSSR count). The van der Waals surface area contributed by atoms with Gasteiger partial charge in [0.25, 0.3) is 0 Å². The molecule has 2 aromatic carbocycles. The molecule has 8 nitrogen and oxygen atoms in total. The number of benzene rings is 2. The summed E-state index contributed by atoms with van der Waals surface area (Å²) >= 11 is 0. The normalized spacial score (nSPS) is 11.5. The summed E-state index contributed by atoms with van der Waals surface area (Å²) in [5.74, 6) is -0.438. The summed E-state index contributed by atoms with van der Waals surface area (Å²) in [4.78, 5) is 4.35. The van der Waals surface area contributed by atoms with Crippen LogP contribution in [0, 0.1) is 5.82 Å². The summed E-state index contributed by atoms with van der Waals surface area (Å²) in [5.41, 5.74) is 4.74. The molecule has 0 aliphatic carbocycles. The van der Waals surface area contributed by atoms with Crippen LogP contribution in [0.2, 0.25) is 0 Å². The molecule has 0 unspecified atom stereocenters. The van der Waals surface area contributed by atoms with E-state index in [2.05, 4.69) is 30.6 Å². The quantitative estimate of drug-likeness (QED) is 0.478. The number of hydrogen-bond acceptors (Lipinski definition) is 5. The molecule has 6 aromatic rings. The van der Waals surface area contributed by atoms with E-state index in [1.807, 2.05) is 48.5 Å². The van der Waals surface area contributed by atoms with Gasteiger partial charge in [0, 0.05) is 23.3 Å². The van der Waals surface area contributed by atoms with Crippen LogP contribution in [0.3, 0.4) is 0 Å². The number of nitrogens with one attached hydrogen (secondary N) is 1. The molecule has 9 heteroatoms. The molecular formula is C22H15FN8. The summed E-state index contributed by atoms with van der Waals surface area (Å²) in [6.07, 6.45) is 5.19. The van der Waals surface area contributed by atoms with Gasteiger partial charge in [0.15, 0.2) is 5.82 Å². The van der Waals surface area contributed by atoms with Crippen molar-refractivity contribution in [3.63, 3.8) is 0 Å². The molecule has 0 amide bonds. The van der Waals surface area contributed by atoms with Gasteiger partial charge in [-0.15, -0.1) is 5.10 Å². The molecule has 31 heavy (non-hydrogen) atoms. The van der Waals surface area contributed by atoms with E-state index in [9.17, 15) is 4.39 Å². The first kappa shape index (κ1) is 17.5. The lowest BCUT2D eigenvalue weighted by Crippen LogP contribution is -2.05. The van der Waals surface area contributed by atoms with Crippen LogP contribution in [0.5, 0.6) is 0 Å². The molecule has 4 heterocycles. The van der Waals surface area contributed by atoms with E-state index in [1.54, 1.807) is 28.0 Å². The highest BCUT2D eigenvalue weighted by molar-refractivity contribution is 5.85. The fourth-order valence-electron chi connectivity index (χ4n) is 3.73. The lowest BCUT2D eigenvalue weighted by molar-refractivity contribution is 0.635. The first-order chi connectivity index (χ1) is 15.3. The van der Waals surface area contributed by atoms with Gasteiger partial charge in [0.2, 0.25) is 0 Å². The van der Waals surface area contributed by atoms with Gasteiger partial charge in [-0.1, -0.05) is 11.3 Å². The maximum atomic E-state index is 15.0. The first-order valence-corrected chi connectivity index (χ1v) is 9.67. The van der Waals surface area contributed by atoms with E-state index >= 15 is 0 Å². The van der Waals surface area contributed by atoms with Crippen molar-refractivity contribution in [1.29, 1.82) is 0 Å². The highest BCUT2D eigenvalue weighted by atomic mass is 19.1. The number of H-pyrrole nitrogens is 1. The van der Waals surface area contributed by atoms with Crippen molar-refractivity contribution in [3.8, 4) is 16.9 Å². The van der Waals surface area contributed by atoms with Crippen molar-refractivity contribution in [3.05, 3.63) is 84.7 Å². The molecule has 0 atom stereocenters. The van der Waals surface area contributed by atoms with Gasteiger partial charge in [-0.2, -0.15) is 10.2 Å². The van der Waals surface area contributed by atoms with Crippen LogP contribution in [0.1, 0.15) is 5.69 Å². The van der Waals surface area contributed by atoms with Gasteiger partial charge in [0.1, 0.15) is 5.52 Å². The van der Waals surface area contributed by atoms with E-state index < -0.39 is 5.82 Å². The second-order valence-electron chi connectivity index (χ2n) is 7.16. The summed E-state index contributed by atoms with van der Waals surface area (Å²) in [6, 6.07) is 16.7. The molecular weight excluding hydrogens is 395 g/mol. The third-order valence-electron chi connectivity index (χ3n) is 5.23. The number of pyridine rings is 1. The summed E-state index contributed by atoms with van der Waals surface area (Å²) in [7, 11) is 0. The first-order valence-electron chi connectivity index (χ1n) is 9.67. The summed E-state index contributed by atoms with van der Waals surface area (Å²) < 4.78 is 18.4. The van der Waals surface area contributed by atoms with Gasteiger partial charge in [-0.3, -0.25) is 14.8 Å². The number of nitrogens with zero attached hydrogens (tertiary/aromatic N) is 7. The Labute approximate surface area is 175 Å². The molecule has 0 spiro atoms. The third kappa shape index (κ3) is 2.94. The Morgan fingerprint density at radius 1 is 1.00 bits per heavy atom. The van der Waals surface area contributed by atoms with E-state index in [0.29, 0.717) is 17.6 Å². The number of rotatable bonds is 4. The third-order valence-corrected chi connectivity index (χ3v) is 5.23. The minimum atomic E-state index is -0.438. The molecule has 0 saturated heterocycles. The Morgan fingerprint density at radius 3 is 2.87 bits per heavy atom. The molecule has 1 N–H and O–H groups in total. The molecule has 0 radical (unpaired) electrons. The fourth-order valence-corrected chi connectivity index (χ4v) is 3.73. The largest absolute Gasteiger partial charge is 0.278 e. The summed E-state index contributed by atoms with van der Waals surface area (Å²) in [5, 5.41) is 20.6. The van der Waals surface area contributed by atoms with E-state index in [-0.39, 0.29) is 5.52 Å². The summed E-state index contributed by atoms with van der Waals surface area (Å²) in [6.45, 7) is 0.483. The molecule has 0 bridgehead atoms. The number of fused-ring (bicyclic) bond motifs is 2. The Bertz CT molecular complexity index is 1530. The van der Waals surface area contributed by atoms with Gasteiger partial charge < -0.3 is 0 Å². The topological polar surface area (TPSA) is 90.1 Å². The highest BCUT2D eigenvalue weighted by Gasteiger charge is 2.16. The van der Waals surface area contributed by atoms with Crippen molar-refractivity contribution in [1.82, 2.24) is 40.0 Å². The van der Waals surface area contributed by atoms with Crippen LogP contribution >= 0.6 is 0 Å². The predicted molar refractivity (Wildman–Crippen MR) is 113 cm³/mol. The van der Waals surface area contributed by atoms with Gasteiger partial charge in [-0.05, 0) is 48.5 Å². The van der Waals surface area contributed by atoms with Crippen molar-refractivity contribution in [2.75, 3.05) is 0 Å². The monoisotopic (exact) mass is 410 g/mol. The van der Waals surface area contributed by atoms with Crippen molar-refractivity contribution in [2.45, 2.75) is 6.54 Å². The van der Waals surface area contributed by atoms with E-state index in [1.165, 1.54) is 6.07 Å². The molecule has 0 fully saturated rings. The van der Waals surface area contributed by atoms with Crippen LogP contribution in [-0.4, -0.2) is 40.0 Å². The van der Waals surface area contributed by atoms with Gasteiger partial charge >= 0.3 is 0 Å². The lowest BCUT2D eigenvalue weighted by atomic mass is 10.1.